The Kier molecular flexibility index (Phi) is 4.72. The van der Waals surface area contributed by atoms with Gasteiger partial charge in [-0.1, -0.05) is 0 Å². The first kappa shape index (κ1) is 19.9. The van der Waals surface area contributed by atoms with Crippen molar-refractivity contribution in [1.82, 2.24) is 29.3 Å². The predicted octanol–water partition coefficient (Wildman–Crippen LogP) is 4.72. The maximum atomic E-state index is 13.1. The summed E-state index contributed by atoms with van der Waals surface area (Å²) in [5.41, 5.74) is -2.01. The van der Waals surface area contributed by atoms with Crippen molar-refractivity contribution in [2.24, 2.45) is 0 Å². The number of pyridine rings is 1. The van der Waals surface area contributed by atoms with E-state index in [1.165, 1.54) is 12.3 Å². The summed E-state index contributed by atoms with van der Waals surface area (Å²) in [6, 6.07) is 1.45. The van der Waals surface area contributed by atoms with Gasteiger partial charge in [-0.15, -0.1) is 0 Å². The second kappa shape index (κ2) is 7.12. The molecule has 7 nitrogen and oxygen atoms in total. The van der Waals surface area contributed by atoms with Gasteiger partial charge < -0.3 is 5.32 Å². The lowest BCUT2D eigenvalue weighted by Gasteiger charge is -2.10. The Morgan fingerprint density at radius 1 is 0.867 bits per heavy atom. The molecule has 0 spiro atoms. The molecule has 4 rings (SSSR count). The summed E-state index contributed by atoms with van der Waals surface area (Å²) in [6.45, 7) is 0. The minimum atomic E-state index is -4.60. The van der Waals surface area contributed by atoms with Crippen LogP contribution in [-0.4, -0.2) is 29.3 Å². The van der Waals surface area contributed by atoms with Crippen LogP contribution in [0.15, 0.2) is 36.2 Å². The van der Waals surface area contributed by atoms with E-state index in [0.29, 0.717) is 23.9 Å². The third-order valence-corrected chi connectivity index (χ3v) is 4.42. The van der Waals surface area contributed by atoms with Crippen LogP contribution in [-0.2, 0) is 12.4 Å². The van der Waals surface area contributed by atoms with Crippen molar-refractivity contribution in [2.75, 3.05) is 5.32 Å². The number of alkyl halides is 6. The van der Waals surface area contributed by atoms with Gasteiger partial charge in [-0.05, 0) is 17.6 Å². The SMILES string of the molecule is FC(F)(F)c1cnc(Nc2ccnc3nc(-c4nscc4C(F)(F)F)cnc23)nc1. The van der Waals surface area contributed by atoms with Gasteiger partial charge in [0.25, 0.3) is 0 Å². The molecule has 0 aromatic carbocycles. The lowest BCUT2D eigenvalue weighted by Crippen LogP contribution is -2.08. The number of aromatic nitrogens is 6. The Morgan fingerprint density at radius 3 is 2.27 bits per heavy atom. The third kappa shape index (κ3) is 3.85. The highest BCUT2D eigenvalue weighted by atomic mass is 32.1. The van der Waals surface area contributed by atoms with E-state index in [1.807, 2.05) is 0 Å². The van der Waals surface area contributed by atoms with E-state index in [0.717, 1.165) is 11.6 Å². The minimum absolute atomic E-state index is 0.00513. The van der Waals surface area contributed by atoms with Crippen molar-refractivity contribution in [1.29, 1.82) is 0 Å². The summed E-state index contributed by atoms with van der Waals surface area (Å²) in [6.07, 6.45) is -5.54. The zero-order valence-electron chi connectivity index (χ0n) is 14.3. The van der Waals surface area contributed by atoms with Crippen LogP contribution in [0.4, 0.5) is 38.0 Å². The summed E-state index contributed by atoms with van der Waals surface area (Å²) >= 11 is 0.634. The Bertz CT molecular complexity index is 1200. The standard InChI is InChI=1S/C16H7F6N7S/c17-15(18,19)7-3-25-14(26-4-7)28-9-1-2-23-13-12(9)24-5-10(27-13)11-8(6-30-29-11)16(20,21)22/h1-6H,(H,23,25,26,27,28). The van der Waals surface area contributed by atoms with Crippen LogP contribution in [0.5, 0.6) is 0 Å². The smallest absolute Gasteiger partial charge is 0.322 e. The van der Waals surface area contributed by atoms with E-state index >= 15 is 0 Å². The van der Waals surface area contributed by atoms with E-state index in [2.05, 4.69) is 34.6 Å². The van der Waals surface area contributed by atoms with Crippen molar-refractivity contribution in [3.63, 3.8) is 0 Å². The van der Waals surface area contributed by atoms with Gasteiger partial charge in [0.05, 0.1) is 23.0 Å². The van der Waals surface area contributed by atoms with Crippen LogP contribution in [0.3, 0.4) is 0 Å². The van der Waals surface area contributed by atoms with Crippen molar-refractivity contribution in [3.05, 3.63) is 47.4 Å². The molecule has 0 saturated carbocycles. The Morgan fingerprint density at radius 2 is 1.60 bits per heavy atom. The molecule has 0 saturated heterocycles. The summed E-state index contributed by atoms with van der Waals surface area (Å²) in [5, 5.41) is 3.56. The maximum Gasteiger partial charge on any atom is 0.419 e. The highest BCUT2D eigenvalue weighted by molar-refractivity contribution is 7.04. The Balaban J connectivity index is 1.68. The quantitative estimate of drug-likeness (QED) is 0.459. The molecule has 0 unspecified atom stereocenters. The number of nitrogens with zero attached hydrogens (tertiary/aromatic N) is 6. The molecule has 154 valence electrons. The predicted molar refractivity (Wildman–Crippen MR) is 93.8 cm³/mol. The van der Waals surface area contributed by atoms with Crippen LogP contribution < -0.4 is 5.32 Å². The van der Waals surface area contributed by atoms with Crippen molar-refractivity contribution in [2.45, 2.75) is 12.4 Å². The molecule has 30 heavy (non-hydrogen) atoms. The molecule has 0 bridgehead atoms. The van der Waals surface area contributed by atoms with Gasteiger partial charge in [-0.3, -0.25) is 0 Å². The Labute approximate surface area is 167 Å². The normalized spacial score (nSPS) is 12.3. The van der Waals surface area contributed by atoms with Gasteiger partial charge in [-0.2, -0.15) is 30.7 Å². The fourth-order valence-electron chi connectivity index (χ4n) is 2.42. The number of rotatable bonds is 3. The van der Waals surface area contributed by atoms with Crippen LogP contribution >= 0.6 is 11.5 Å². The number of anilines is 2. The maximum absolute atomic E-state index is 13.1. The van der Waals surface area contributed by atoms with Crippen LogP contribution in [0.2, 0.25) is 0 Å². The molecule has 0 aliphatic heterocycles. The minimum Gasteiger partial charge on any atom is -0.322 e. The van der Waals surface area contributed by atoms with E-state index in [-0.39, 0.29) is 34.2 Å². The first-order chi connectivity index (χ1) is 14.1. The van der Waals surface area contributed by atoms with Gasteiger partial charge in [0, 0.05) is 24.0 Å². The van der Waals surface area contributed by atoms with Gasteiger partial charge in [0.15, 0.2) is 5.65 Å². The lowest BCUT2D eigenvalue weighted by molar-refractivity contribution is -0.138. The number of hydrogen-bond donors (Lipinski definition) is 1. The molecule has 4 heterocycles. The fourth-order valence-corrected chi connectivity index (χ4v) is 3.12. The molecule has 1 N–H and O–H groups in total. The zero-order valence-corrected chi connectivity index (χ0v) is 15.1. The van der Waals surface area contributed by atoms with Gasteiger partial charge >= 0.3 is 12.4 Å². The van der Waals surface area contributed by atoms with Crippen molar-refractivity contribution < 1.29 is 26.3 Å². The van der Waals surface area contributed by atoms with E-state index in [9.17, 15) is 26.3 Å². The second-order valence-corrected chi connectivity index (χ2v) is 6.41. The number of nitrogens with one attached hydrogen (secondary N) is 1. The molecule has 14 heteroatoms. The summed E-state index contributed by atoms with van der Waals surface area (Å²) in [5.74, 6) is -0.139. The van der Waals surface area contributed by atoms with Crippen LogP contribution in [0.1, 0.15) is 11.1 Å². The topological polar surface area (TPSA) is 89.4 Å². The van der Waals surface area contributed by atoms with Crippen LogP contribution in [0, 0.1) is 0 Å². The average molecular weight is 443 g/mol. The van der Waals surface area contributed by atoms with Gasteiger partial charge in [0.1, 0.15) is 16.9 Å². The van der Waals surface area contributed by atoms with Crippen LogP contribution in [0.25, 0.3) is 22.6 Å². The third-order valence-electron chi connectivity index (χ3n) is 3.79. The van der Waals surface area contributed by atoms with E-state index in [1.54, 1.807) is 0 Å². The van der Waals surface area contributed by atoms with E-state index < -0.39 is 23.5 Å². The molecule has 4 aromatic heterocycles. The Hall–Kier alpha value is -3.42. The first-order valence-corrected chi connectivity index (χ1v) is 8.76. The molecule has 0 fully saturated rings. The molecule has 0 radical (unpaired) electrons. The molecule has 4 aromatic rings. The molecule has 0 aliphatic rings. The summed E-state index contributed by atoms with van der Waals surface area (Å²) in [4.78, 5) is 19.4. The number of hydrogen-bond acceptors (Lipinski definition) is 8. The molecule has 0 aliphatic carbocycles. The number of fused-ring (bicyclic) bond motifs is 1. The van der Waals surface area contributed by atoms with Gasteiger partial charge in [0.2, 0.25) is 5.95 Å². The first-order valence-electron chi connectivity index (χ1n) is 7.93. The molecular weight excluding hydrogens is 436 g/mol. The van der Waals surface area contributed by atoms with E-state index in [4.69, 9.17) is 0 Å². The van der Waals surface area contributed by atoms with Crippen molar-refractivity contribution >= 4 is 34.3 Å². The average Bonchev–Trinajstić information content (AvgIpc) is 3.18. The lowest BCUT2D eigenvalue weighted by atomic mass is 10.2. The van der Waals surface area contributed by atoms with Crippen molar-refractivity contribution in [3.8, 4) is 11.4 Å². The summed E-state index contributed by atoms with van der Waals surface area (Å²) < 4.78 is 80.9. The molecule has 0 amide bonds. The fraction of sp³-hybridized carbons (Fsp3) is 0.125. The number of halogens is 6. The molecular formula is C16H7F6N7S. The highest BCUT2D eigenvalue weighted by Crippen LogP contribution is 2.37. The second-order valence-electron chi connectivity index (χ2n) is 5.78. The van der Waals surface area contributed by atoms with Gasteiger partial charge in [-0.25, -0.2) is 24.9 Å². The monoisotopic (exact) mass is 443 g/mol. The largest absolute Gasteiger partial charge is 0.419 e. The highest BCUT2D eigenvalue weighted by Gasteiger charge is 2.36. The summed E-state index contributed by atoms with van der Waals surface area (Å²) in [7, 11) is 0. The molecule has 0 atom stereocenters. The zero-order chi connectivity index (χ0) is 21.5.